The van der Waals surface area contributed by atoms with Crippen LogP contribution >= 0.6 is 11.3 Å². The SMILES string of the molecule is CCC1CN(c2nc(=O)n(C)c3ccc(C#N)nc23)[C@@H](C)CN1C(c1ccc(F)cc1)c1cnc(C2CC2)s1. The molecule has 1 aliphatic heterocycles. The zero-order valence-corrected chi connectivity index (χ0v) is 23.0. The second kappa shape index (κ2) is 10.1. The third-order valence-electron chi connectivity index (χ3n) is 7.93. The van der Waals surface area contributed by atoms with E-state index in [1.54, 1.807) is 30.5 Å². The second-order valence-electron chi connectivity index (χ2n) is 10.5. The molecule has 0 radical (unpaired) electrons. The van der Waals surface area contributed by atoms with Crippen molar-refractivity contribution in [2.45, 2.75) is 57.2 Å². The van der Waals surface area contributed by atoms with Crippen molar-refractivity contribution in [2.75, 3.05) is 18.0 Å². The summed E-state index contributed by atoms with van der Waals surface area (Å²) in [5.41, 5.74) is 2.17. The van der Waals surface area contributed by atoms with Gasteiger partial charge in [0.2, 0.25) is 0 Å². The van der Waals surface area contributed by atoms with Crippen LogP contribution in [0.1, 0.15) is 66.2 Å². The molecule has 0 spiro atoms. The molecule has 1 aliphatic carbocycles. The average molecular weight is 544 g/mol. The topological polar surface area (TPSA) is 90.9 Å². The third kappa shape index (κ3) is 4.70. The largest absolute Gasteiger partial charge is 0.349 e. The minimum atomic E-state index is -0.354. The number of piperazine rings is 1. The van der Waals surface area contributed by atoms with E-state index in [4.69, 9.17) is 4.98 Å². The molecule has 39 heavy (non-hydrogen) atoms. The standard InChI is InChI=1S/C29H30FN7OS/c1-4-22-16-36(27-25-23(35(3)29(38)34-27)12-11-21(13-31)33-25)17(2)15-37(22)26(18-7-9-20(30)10-8-18)24-14-32-28(39-24)19-5-6-19/h7-12,14,17,19,22,26H,4-6,15-16H2,1-3H3/t17-,22?,26?/m0/s1. The summed E-state index contributed by atoms with van der Waals surface area (Å²) in [6.45, 7) is 5.63. The van der Waals surface area contributed by atoms with Crippen molar-refractivity contribution in [2.24, 2.45) is 7.05 Å². The lowest BCUT2D eigenvalue weighted by atomic mass is 9.96. The van der Waals surface area contributed by atoms with Crippen molar-refractivity contribution in [3.8, 4) is 6.07 Å². The number of halogens is 1. The summed E-state index contributed by atoms with van der Waals surface area (Å²) < 4.78 is 15.4. The minimum Gasteiger partial charge on any atom is -0.349 e. The molecule has 2 fully saturated rings. The van der Waals surface area contributed by atoms with Crippen molar-refractivity contribution in [1.29, 1.82) is 5.26 Å². The maximum Gasteiger partial charge on any atom is 0.349 e. The van der Waals surface area contributed by atoms with E-state index in [2.05, 4.69) is 39.7 Å². The molecule has 3 atom stereocenters. The van der Waals surface area contributed by atoms with Gasteiger partial charge in [-0.05, 0) is 56.0 Å². The predicted octanol–water partition coefficient (Wildman–Crippen LogP) is 4.75. The van der Waals surface area contributed by atoms with Gasteiger partial charge < -0.3 is 4.90 Å². The highest BCUT2D eigenvalue weighted by atomic mass is 32.1. The van der Waals surface area contributed by atoms with Crippen LogP contribution in [0.2, 0.25) is 0 Å². The zero-order chi connectivity index (χ0) is 27.3. The van der Waals surface area contributed by atoms with E-state index in [0.29, 0.717) is 35.9 Å². The van der Waals surface area contributed by atoms with E-state index in [9.17, 15) is 14.4 Å². The first-order valence-corrected chi connectivity index (χ1v) is 14.2. The Morgan fingerprint density at radius 1 is 1.15 bits per heavy atom. The van der Waals surface area contributed by atoms with Gasteiger partial charge in [-0.1, -0.05) is 19.1 Å². The number of fused-ring (bicyclic) bond motifs is 1. The Balaban J connectivity index is 1.40. The van der Waals surface area contributed by atoms with Gasteiger partial charge in [0.05, 0.1) is 16.6 Å². The molecular formula is C29H30FN7OS. The number of nitrogens with zero attached hydrogens (tertiary/aromatic N) is 7. The number of hydrogen-bond donors (Lipinski definition) is 0. The van der Waals surface area contributed by atoms with Crippen LogP contribution in [-0.4, -0.2) is 49.6 Å². The molecular weight excluding hydrogens is 513 g/mol. The molecule has 4 aromatic rings. The fourth-order valence-corrected chi connectivity index (χ4v) is 6.86. The van der Waals surface area contributed by atoms with Crippen molar-refractivity contribution in [3.05, 3.63) is 80.0 Å². The first-order valence-electron chi connectivity index (χ1n) is 13.4. The van der Waals surface area contributed by atoms with Crippen molar-refractivity contribution in [3.63, 3.8) is 0 Å². The molecule has 200 valence electrons. The van der Waals surface area contributed by atoms with Crippen molar-refractivity contribution in [1.82, 2.24) is 24.4 Å². The number of nitriles is 1. The predicted molar refractivity (Wildman–Crippen MR) is 149 cm³/mol. The van der Waals surface area contributed by atoms with E-state index < -0.39 is 0 Å². The third-order valence-corrected chi connectivity index (χ3v) is 9.14. The van der Waals surface area contributed by atoms with Crippen LogP contribution in [0, 0.1) is 17.1 Å². The number of aryl methyl sites for hydroxylation is 1. The Labute approximate surface area is 230 Å². The van der Waals surface area contributed by atoms with E-state index in [1.807, 2.05) is 18.3 Å². The first kappa shape index (κ1) is 25.6. The fourth-order valence-electron chi connectivity index (χ4n) is 5.62. The van der Waals surface area contributed by atoms with Crippen LogP contribution in [0.3, 0.4) is 0 Å². The lowest BCUT2D eigenvalue weighted by Crippen LogP contribution is -2.58. The van der Waals surface area contributed by atoms with Gasteiger partial charge in [-0.15, -0.1) is 11.3 Å². The average Bonchev–Trinajstić information content (AvgIpc) is 3.69. The van der Waals surface area contributed by atoms with E-state index in [-0.39, 0.29) is 35.3 Å². The number of aromatic nitrogens is 4. The highest BCUT2D eigenvalue weighted by molar-refractivity contribution is 7.11. The highest BCUT2D eigenvalue weighted by Gasteiger charge is 2.39. The zero-order valence-electron chi connectivity index (χ0n) is 22.2. The quantitative estimate of drug-likeness (QED) is 0.347. The maximum atomic E-state index is 13.9. The Bertz CT molecular complexity index is 1620. The van der Waals surface area contributed by atoms with Gasteiger partial charge in [0.1, 0.15) is 23.1 Å². The Hall–Kier alpha value is -3.68. The molecule has 0 bridgehead atoms. The smallest absolute Gasteiger partial charge is 0.349 e. The van der Waals surface area contributed by atoms with Gasteiger partial charge in [-0.25, -0.2) is 19.2 Å². The Morgan fingerprint density at radius 2 is 1.92 bits per heavy atom. The van der Waals surface area contributed by atoms with Crippen molar-refractivity contribution >= 4 is 28.2 Å². The van der Waals surface area contributed by atoms with Gasteiger partial charge in [0.25, 0.3) is 0 Å². The van der Waals surface area contributed by atoms with Crippen molar-refractivity contribution < 1.29 is 4.39 Å². The Morgan fingerprint density at radius 3 is 2.62 bits per heavy atom. The van der Waals surface area contributed by atoms with Gasteiger partial charge >= 0.3 is 5.69 Å². The van der Waals surface area contributed by atoms with E-state index in [1.165, 1.54) is 39.4 Å². The fraction of sp³-hybridized carbons (Fsp3) is 0.414. The van der Waals surface area contributed by atoms with Crippen LogP contribution in [-0.2, 0) is 7.05 Å². The monoisotopic (exact) mass is 543 g/mol. The number of rotatable bonds is 6. The maximum absolute atomic E-state index is 13.9. The molecule has 6 rings (SSSR count). The summed E-state index contributed by atoms with van der Waals surface area (Å²) in [5, 5.41) is 10.7. The molecule has 0 N–H and O–H groups in total. The Kier molecular flexibility index (Phi) is 6.65. The van der Waals surface area contributed by atoms with Gasteiger partial charge in [0, 0.05) is 49.2 Å². The van der Waals surface area contributed by atoms with Crippen LogP contribution in [0.4, 0.5) is 10.2 Å². The summed E-state index contributed by atoms with van der Waals surface area (Å²) in [6.07, 6.45) is 5.26. The van der Waals surface area contributed by atoms with E-state index >= 15 is 0 Å². The van der Waals surface area contributed by atoms with Gasteiger partial charge in [-0.3, -0.25) is 9.47 Å². The summed E-state index contributed by atoms with van der Waals surface area (Å²) in [6, 6.07) is 12.4. The number of thiazole rings is 1. The van der Waals surface area contributed by atoms with Gasteiger partial charge in [0.15, 0.2) is 5.82 Å². The molecule has 0 amide bonds. The van der Waals surface area contributed by atoms with Crippen LogP contribution in [0.25, 0.3) is 11.0 Å². The van der Waals surface area contributed by atoms with E-state index in [0.717, 1.165) is 12.0 Å². The van der Waals surface area contributed by atoms with Crippen LogP contribution in [0.15, 0.2) is 47.4 Å². The molecule has 2 aliphatic rings. The summed E-state index contributed by atoms with van der Waals surface area (Å²) in [5.74, 6) is 0.836. The molecule has 1 saturated carbocycles. The normalized spacial score (nSPS) is 20.7. The molecule has 3 aromatic heterocycles. The number of hydrogen-bond acceptors (Lipinski definition) is 8. The summed E-state index contributed by atoms with van der Waals surface area (Å²) in [7, 11) is 1.67. The summed E-state index contributed by atoms with van der Waals surface area (Å²) >= 11 is 1.77. The molecule has 2 unspecified atom stereocenters. The molecule has 1 aromatic carbocycles. The highest BCUT2D eigenvalue weighted by Crippen LogP contribution is 2.45. The number of anilines is 1. The first-order chi connectivity index (χ1) is 18.9. The minimum absolute atomic E-state index is 0.00178. The number of pyridine rings is 1. The van der Waals surface area contributed by atoms with Gasteiger partial charge in [-0.2, -0.15) is 10.2 Å². The molecule has 8 nitrogen and oxygen atoms in total. The van der Waals surface area contributed by atoms with Crippen LogP contribution < -0.4 is 10.6 Å². The second-order valence-corrected chi connectivity index (χ2v) is 11.6. The summed E-state index contributed by atoms with van der Waals surface area (Å²) in [4.78, 5) is 32.4. The number of benzene rings is 1. The lowest BCUT2D eigenvalue weighted by Gasteiger charge is -2.48. The lowest BCUT2D eigenvalue weighted by molar-refractivity contribution is 0.117. The molecule has 1 saturated heterocycles. The van der Waals surface area contributed by atoms with Crippen LogP contribution in [0.5, 0.6) is 0 Å². The molecule has 10 heteroatoms. The molecule has 4 heterocycles.